The smallest absolute Gasteiger partial charge is 0.128 e. The van der Waals surface area contributed by atoms with Gasteiger partial charge >= 0.3 is 0 Å². The zero-order valence-corrected chi connectivity index (χ0v) is 12.3. The van der Waals surface area contributed by atoms with Gasteiger partial charge in [0.05, 0.1) is 7.11 Å². The van der Waals surface area contributed by atoms with Crippen LogP contribution in [0.5, 0.6) is 5.75 Å². The molecule has 0 aliphatic carbocycles. The van der Waals surface area contributed by atoms with Gasteiger partial charge in [-0.1, -0.05) is 54.2 Å². The molecular weight excluding hydrogens is 268 g/mol. The summed E-state index contributed by atoms with van der Waals surface area (Å²) >= 11 is 1.73. The normalized spacial score (nSPS) is 21.2. The van der Waals surface area contributed by atoms with Crippen LogP contribution in [0.4, 0.5) is 0 Å². The second kappa shape index (κ2) is 5.21. The van der Waals surface area contributed by atoms with Gasteiger partial charge in [0.15, 0.2) is 0 Å². The van der Waals surface area contributed by atoms with Crippen LogP contribution in [-0.2, 0) is 4.87 Å². The van der Waals surface area contributed by atoms with Crippen molar-refractivity contribution < 1.29 is 4.74 Å². The number of hydrazone groups is 1. The maximum absolute atomic E-state index is 5.20. The molecule has 2 aromatic rings. The molecule has 3 rings (SSSR count). The molecule has 0 unspecified atom stereocenters. The lowest BCUT2D eigenvalue weighted by Crippen LogP contribution is -2.28. The maximum atomic E-state index is 5.20. The van der Waals surface area contributed by atoms with Gasteiger partial charge in [-0.15, -0.1) is 0 Å². The van der Waals surface area contributed by atoms with Crippen molar-refractivity contribution in [3.8, 4) is 5.75 Å². The SMILES string of the molecule is COc1ccc([C@]2(C)NN=C(c3ccccc3)S2)cc1. The predicted octanol–water partition coefficient (Wildman–Crippen LogP) is 3.57. The Labute approximate surface area is 123 Å². The summed E-state index contributed by atoms with van der Waals surface area (Å²) in [5, 5.41) is 5.49. The first-order chi connectivity index (χ1) is 9.71. The number of methoxy groups -OCH3 is 1. The van der Waals surface area contributed by atoms with Gasteiger partial charge in [0.25, 0.3) is 0 Å². The van der Waals surface area contributed by atoms with E-state index in [9.17, 15) is 0 Å². The molecule has 1 aliphatic heterocycles. The van der Waals surface area contributed by atoms with E-state index in [2.05, 4.69) is 41.7 Å². The van der Waals surface area contributed by atoms with Crippen LogP contribution in [0.1, 0.15) is 18.1 Å². The lowest BCUT2D eigenvalue weighted by Gasteiger charge is -2.23. The molecule has 2 aromatic carbocycles. The summed E-state index contributed by atoms with van der Waals surface area (Å²) in [7, 11) is 1.68. The molecule has 3 nitrogen and oxygen atoms in total. The van der Waals surface area contributed by atoms with Crippen molar-refractivity contribution in [2.45, 2.75) is 11.8 Å². The summed E-state index contributed by atoms with van der Waals surface area (Å²) in [5.41, 5.74) is 5.57. The fraction of sp³-hybridized carbons (Fsp3) is 0.188. The molecule has 0 spiro atoms. The first-order valence-corrected chi connectivity index (χ1v) is 7.27. The quantitative estimate of drug-likeness (QED) is 0.935. The molecule has 20 heavy (non-hydrogen) atoms. The zero-order chi connectivity index (χ0) is 14.0. The monoisotopic (exact) mass is 284 g/mol. The molecule has 1 atom stereocenters. The van der Waals surface area contributed by atoms with Crippen molar-refractivity contribution in [1.29, 1.82) is 0 Å². The first kappa shape index (κ1) is 13.1. The maximum Gasteiger partial charge on any atom is 0.128 e. The van der Waals surface area contributed by atoms with Crippen LogP contribution in [0.25, 0.3) is 0 Å². The van der Waals surface area contributed by atoms with Crippen LogP contribution in [0.3, 0.4) is 0 Å². The van der Waals surface area contributed by atoms with E-state index in [1.807, 2.05) is 30.3 Å². The van der Waals surface area contributed by atoms with Gasteiger partial charge in [-0.05, 0) is 24.6 Å². The van der Waals surface area contributed by atoms with Crippen molar-refractivity contribution in [1.82, 2.24) is 5.43 Å². The molecule has 1 aliphatic rings. The third-order valence-corrected chi connectivity index (χ3v) is 4.59. The van der Waals surface area contributed by atoms with E-state index in [1.165, 1.54) is 5.56 Å². The van der Waals surface area contributed by atoms with E-state index < -0.39 is 0 Å². The molecule has 1 heterocycles. The van der Waals surface area contributed by atoms with Crippen molar-refractivity contribution in [2.75, 3.05) is 7.11 Å². The lowest BCUT2D eigenvalue weighted by molar-refractivity contribution is 0.414. The molecule has 0 amide bonds. The van der Waals surface area contributed by atoms with E-state index in [0.29, 0.717) is 0 Å². The number of hydrogen-bond acceptors (Lipinski definition) is 4. The van der Waals surface area contributed by atoms with Gasteiger partial charge < -0.3 is 4.74 Å². The van der Waals surface area contributed by atoms with Crippen LogP contribution in [0.2, 0.25) is 0 Å². The Morgan fingerprint density at radius 3 is 2.40 bits per heavy atom. The molecule has 0 saturated carbocycles. The van der Waals surface area contributed by atoms with Gasteiger partial charge in [-0.3, -0.25) is 5.43 Å². The Kier molecular flexibility index (Phi) is 3.40. The van der Waals surface area contributed by atoms with Crippen molar-refractivity contribution in [3.05, 3.63) is 65.7 Å². The van der Waals surface area contributed by atoms with Crippen molar-refractivity contribution in [3.63, 3.8) is 0 Å². The summed E-state index contributed by atoms with van der Waals surface area (Å²) in [6.07, 6.45) is 0. The van der Waals surface area contributed by atoms with Crippen LogP contribution in [0, 0.1) is 0 Å². The molecule has 0 aromatic heterocycles. The lowest BCUT2D eigenvalue weighted by atomic mass is 10.1. The number of benzene rings is 2. The number of hydrogen-bond donors (Lipinski definition) is 1. The highest BCUT2D eigenvalue weighted by Gasteiger charge is 2.34. The standard InChI is InChI=1S/C16H16N2OS/c1-16(13-8-10-14(19-2)11-9-13)18-17-15(20-16)12-6-4-3-5-7-12/h3-11,18H,1-2H3/t16-/m1/s1. The molecule has 1 N–H and O–H groups in total. The van der Waals surface area contributed by atoms with Crippen molar-refractivity contribution in [2.24, 2.45) is 5.10 Å². The fourth-order valence-corrected chi connectivity index (χ4v) is 3.21. The van der Waals surface area contributed by atoms with Gasteiger partial charge in [-0.25, -0.2) is 0 Å². The largest absolute Gasteiger partial charge is 0.497 e. The second-order valence-corrected chi connectivity index (χ2v) is 6.17. The Morgan fingerprint density at radius 1 is 1.05 bits per heavy atom. The minimum atomic E-state index is -0.239. The molecule has 0 saturated heterocycles. The molecule has 102 valence electrons. The number of nitrogens with zero attached hydrogens (tertiary/aromatic N) is 1. The average Bonchev–Trinajstić information content (AvgIpc) is 2.92. The van der Waals surface area contributed by atoms with Crippen LogP contribution in [0.15, 0.2) is 59.7 Å². The van der Waals surface area contributed by atoms with Crippen LogP contribution in [-0.4, -0.2) is 12.2 Å². The van der Waals surface area contributed by atoms with Crippen molar-refractivity contribution >= 4 is 16.8 Å². The average molecular weight is 284 g/mol. The Hall–Kier alpha value is -1.94. The number of rotatable bonds is 3. The predicted molar refractivity (Wildman–Crippen MR) is 84.1 cm³/mol. The van der Waals surface area contributed by atoms with E-state index in [0.717, 1.165) is 16.4 Å². The highest BCUT2D eigenvalue weighted by molar-refractivity contribution is 8.15. The fourth-order valence-electron chi connectivity index (χ4n) is 2.13. The minimum absolute atomic E-state index is 0.239. The van der Waals surface area contributed by atoms with E-state index >= 15 is 0 Å². The molecule has 0 fully saturated rings. The van der Waals surface area contributed by atoms with Gasteiger partial charge in [0.2, 0.25) is 0 Å². The number of nitrogens with one attached hydrogen (secondary N) is 1. The molecule has 0 radical (unpaired) electrons. The van der Waals surface area contributed by atoms with E-state index in [-0.39, 0.29) is 4.87 Å². The highest BCUT2D eigenvalue weighted by Crippen LogP contribution is 2.40. The Bertz CT molecular complexity index is 625. The van der Waals surface area contributed by atoms with E-state index in [4.69, 9.17) is 4.74 Å². The Morgan fingerprint density at radius 2 is 1.75 bits per heavy atom. The van der Waals surface area contributed by atoms with E-state index in [1.54, 1.807) is 18.9 Å². The molecule has 0 bridgehead atoms. The minimum Gasteiger partial charge on any atom is -0.497 e. The molecule has 4 heteroatoms. The third-order valence-electron chi connectivity index (χ3n) is 3.33. The van der Waals surface area contributed by atoms with Gasteiger partial charge in [-0.2, -0.15) is 5.10 Å². The van der Waals surface area contributed by atoms with Crippen LogP contribution >= 0.6 is 11.8 Å². The topological polar surface area (TPSA) is 33.6 Å². The van der Waals surface area contributed by atoms with Gasteiger partial charge in [0, 0.05) is 5.56 Å². The Balaban J connectivity index is 1.82. The van der Waals surface area contributed by atoms with Crippen LogP contribution < -0.4 is 10.2 Å². The summed E-state index contributed by atoms with van der Waals surface area (Å²) in [5.74, 6) is 0.865. The zero-order valence-electron chi connectivity index (χ0n) is 11.5. The summed E-state index contributed by atoms with van der Waals surface area (Å²) in [6, 6.07) is 18.3. The second-order valence-electron chi connectivity index (χ2n) is 4.76. The first-order valence-electron chi connectivity index (χ1n) is 6.45. The summed E-state index contributed by atoms with van der Waals surface area (Å²) < 4.78 is 5.20. The summed E-state index contributed by atoms with van der Waals surface area (Å²) in [6.45, 7) is 2.14. The molecular formula is C16H16N2OS. The number of ether oxygens (including phenoxy) is 1. The highest BCUT2D eigenvalue weighted by atomic mass is 32.2. The van der Waals surface area contributed by atoms with Gasteiger partial charge in [0.1, 0.15) is 15.7 Å². The summed E-state index contributed by atoms with van der Waals surface area (Å²) in [4.78, 5) is -0.239. The third kappa shape index (κ3) is 2.39. The number of thioether (sulfide) groups is 1.